The van der Waals surface area contributed by atoms with Gasteiger partial charge in [-0.15, -0.1) is 10.2 Å². The molecule has 2 aromatic carbocycles. The van der Waals surface area contributed by atoms with Gasteiger partial charge in [0.2, 0.25) is 5.82 Å². The van der Waals surface area contributed by atoms with Gasteiger partial charge in [0.15, 0.2) is 45.2 Å². The van der Waals surface area contributed by atoms with Crippen LogP contribution in [0.2, 0.25) is 5.15 Å². The molecule has 33 nitrogen and oxygen atoms in total. The lowest BCUT2D eigenvalue weighted by Crippen LogP contribution is -2.40. The van der Waals surface area contributed by atoms with Gasteiger partial charge in [-0.25, -0.2) is 73.6 Å². The molecule has 0 aliphatic carbocycles. The molecule has 14 heterocycles. The van der Waals surface area contributed by atoms with Crippen molar-refractivity contribution in [2.75, 3.05) is 67.1 Å². The summed E-state index contributed by atoms with van der Waals surface area (Å²) in [6.07, 6.45) is 34.9. The average Bonchev–Trinajstić information content (AvgIpc) is 1.69. The molecule has 4 atom stereocenters. The first-order valence-electron chi connectivity index (χ1n) is 33.1. The minimum Gasteiger partial charge on any atom is -0.475 e. The summed E-state index contributed by atoms with van der Waals surface area (Å²) < 4.78 is 21.1. The van der Waals surface area contributed by atoms with Crippen molar-refractivity contribution in [2.24, 2.45) is 5.73 Å². The van der Waals surface area contributed by atoms with E-state index in [1.807, 2.05) is 163 Å². The molecule has 0 saturated carbocycles. The van der Waals surface area contributed by atoms with E-state index in [2.05, 4.69) is 96.0 Å². The number of nitrogens with one attached hydrogen (secondary N) is 4. The van der Waals surface area contributed by atoms with Crippen molar-refractivity contribution in [3.05, 3.63) is 189 Å². The molecule has 7 N–H and O–H groups in total. The molecule has 4 aliphatic rings. The van der Waals surface area contributed by atoms with E-state index in [1.165, 1.54) is 11.0 Å². The Morgan fingerprint density at radius 3 is 1.29 bits per heavy atom. The molecule has 4 fully saturated rings. The fourth-order valence-electron chi connectivity index (χ4n) is 11.2. The number of fused-ring (bicyclic) bond motifs is 4. The topological polar surface area (TPSA) is 373 Å². The van der Waals surface area contributed by atoms with Crippen molar-refractivity contribution in [3.8, 4) is 11.4 Å². The predicted octanol–water partition coefficient (Wildman–Crippen LogP) is 7.28. The van der Waals surface area contributed by atoms with Crippen LogP contribution in [0.4, 0.5) is 27.0 Å². The zero-order valence-electron chi connectivity index (χ0n) is 57.2. The fourth-order valence-corrected chi connectivity index (χ4v) is 11.4. The first kappa shape index (κ1) is 74.0. The van der Waals surface area contributed by atoms with Gasteiger partial charge in [0.05, 0.1) is 17.4 Å². The number of aromatic carboxylic acids is 1. The van der Waals surface area contributed by atoms with E-state index in [0.717, 1.165) is 111 Å². The molecule has 103 heavy (non-hydrogen) atoms. The number of para-hydroxylation sites is 2. The van der Waals surface area contributed by atoms with E-state index in [9.17, 15) is 19.2 Å². The summed E-state index contributed by atoms with van der Waals surface area (Å²) in [4.78, 5) is 94.6. The van der Waals surface area contributed by atoms with Crippen LogP contribution in [0.5, 0.6) is 0 Å². The number of anilines is 3. The number of nitrogens with zero attached hydrogens (tertiary/aromatic N) is 21. The van der Waals surface area contributed by atoms with Crippen LogP contribution in [0.1, 0.15) is 95.9 Å². The minimum atomic E-state index is -1.13. The lowest BCUT2D eigenvalue weighted by atomic mass is 10.2. The number of nitrogens with two attached hydrogens (primary N) is 1. The van der Waals surface area contributed by atoms with E-state index in [0.29, 0.717) is 23.9 Å². The number of carbonyl (C=O) groups is 4. The van der Waals surface area contributed by atoms with Crippen LogP contribution in [0.15, 0.2) is 172 Å². The Kier molecular flexibility index (Phi) is 24.5. The maximum Gasteiger partial charge on any atom is 0.407 e. The number of ether oxygens (including phenoxy) is 2. The summed E-state index contributed by atoms with van der Waals surface area (Å²) in [6.45, 7) is 17.8. The van der Waals surface area contributed by atoms with Crippen molar-refractivity contribution in [1.29, 1.82) is 0 Å². The van der Waals surface area contributed by atoms with E-state index in [4.69, 9.17) is 31.9 Å². The minimum absolute atomic E-state index is 0. The maximum absolute atomic E-state index is 12.6. The molecule has 540 valence electrons. The molecule has 0 unspecified atom stereocenters. The van der Waals surface area contributed by atoms with Crippen molar-refractivity contribution in [1.82, 2.24) is 108 Å². The number of alkyl carbamates (subject to hydrolysis) is 2. The standard InChI is InChI=1S/C19H18N8O.C15H21N5O2.C10H13N5.C9H7N3O2.C9H18N2O2.C6H4ClN3.CH4/c28-19(16-22-13-27(24-16)15-4-2-1-3-5-15)23-14-6-9-26(12-14)18-17-20-7-10-25(17)11-8-21-18;1-15(2,3)22-14(21)18-11-4-7-20(10-11)13-12-16-5-8-19(12)9-6-17-13;11-8-1-4-15(7-8)10-9-12-2-5-14(9)6-3-13-10;13-9(14)8-10-6-12(11-8)7-4-2-1-3-5-7;1-9(2,3)13-8(12)11-7-4-5-10-6-7;7-5-6-9-2-4-10(6)3-1-8-5;/h1-5,7-8,10-11,13-14H,6,9,12H2,(H,23,28);5-6,8-9,11H,4,7,10H2,1-3H3,(H,18,21);2-3,5-6,8H,1,4,7,11H2;1-6H,(H,13,14);7,10H,4-6H2,1-3H3,(H,11,12);1-4H;1H4/t14-;11-;8-;;7-;;/m000.0../s1. The first-order valence-corrected chi connectivity index (χ1v) is 33.5. The molecule has 16 rings (SSSR count). The molecule has 34 heteroatoms. The van der Waals surface area contributed by atoms with Crippen LogP contribution >= 0.6 is 11.6 Å². The highest BCUT2D eigenvalue weighted by Crippen LogP contribution is 2.25. The van der Waals surface area contributed by atoms with Crippen molar-refractivity contribution in [2.45, 2.75) is 110 Å². The van der Waals surface area contributed by atoms with Gasteiger partial charge in [-0.2, -0.15) is 0 Å². The first-order chi connectivity index (χ1) is 49.2. The number of hydrogen-bond acceptors (Lipinski definition) is 23. The smallest absolute Gasteiger partial charge is 0.407 e. The SMILES string of the molecule is C.CC(C)(C)OC(=O)N[C@H]1CCN(c2nccn3ccnc23)C1.CC(C)(C)OC(=O)N[C@H]1CCNC1.Clc1nccn2ccnc12.N[C@H]1CCN(c2nccn3ccnc23)C1.O=C(N[C@H]1CCN(c2nccn3ccnc23)C1)c1ncn(-c2ccccc2)n1.O=C(O)c1ncn(-c2ccccc2)n1. The number of imidazole rings is 4. The Bertz CT molecular complexity index is 4710. The normalized spacial score (nSPS) is 16.9. The Hall–Kier alpha value is -11.7. The molecule has 4 saturated heterocycles. The quantitative estimate of drug-likeness (QED) is 0.0783. The summed E-state index contributed by atoms with van der Waals surface area (Å²) in [7, 11) is 0. The van der Waals surface area contributed by atoms with Crippen molar-refractivity contribution >= 4 is 75.7 Å². The van der Waals surface area contributed by atoms with Crippen molar-refractivity contribution < 1.29 is 33.8 Å². The van der Waals surface area contributed by atoms with Gasteiger partial charge in [-0.3, -0.25) is 4.79 Å². The Morgan fingerprint density at radius 2 is 0.883 bits per heavy atom. The number of carboxylic acid groups (broad SMARTS) is 1. The third-order valence-corrected chi connectivity index (χ3v) is 16.2. The Labute approximate surface area is 598 Å². The zero-order valence-corrected chi connectivity index (χ0v) is 58.0. The van der Waals surface area contributed by atoms with Crippen LogP contribution < -0.4 is 41.7 Å². The molecule has 0 spiro atoms. The number of benzene rings is 2. The third kappa shape index (κ3) is 20.3. The lowest BCUT2D eigenvalue weighted by Gasteiger charge is -2.22. The number of carbonyl (C=O) groups excluding carboxylic acids is 3. The maximum atomic E-state index is 12.6. The van der Waals surface area contributed by atoms with Crippen molar-refractivity contribution in [3.63, 3.8) is 0 Å². The van der Waals surface area contributed by atoms with Crippen LogP contribution in [0.3, 0.4) is 0 Å². The predicted molar refractivity (Wildman–Crippen MR) is 387 cm³/mol. The van der Waals surface area contributed by atoms with Gasteiger partial charge < -0.3 is 73.9 Å². The van der Waals surface area contributed by atoms with E-state index in [1.54, 1.807) is 66.8 Å². The Balaban J connectivity index is 0.000000137. The second-order valence-electron chi connectivity index (χ2n) is 25.9. The second kappa shape index (κ2) is 34.1. The second-order valence-corrected chi connectivity index (χ2v) is 26.3. The molecule has 10 aromatic heterocycles. The average molecular weight is 1430 g/mol. The van der Waals surface area contributed by atoms with Crippen LogP contribution in [-0.4, -0.2) is 204 Å². The number of carboxylic acids is 1. The van der Waals surface area contributed by atoms with Gasteiger partial charge in [-0.05, 0) is 98.0 Å². The zero-order chi connectivity index (χ0) is 71.8. The van der Waals surface area contributed by atoms with Gasteiger partial charge in [0.1, 0.15) is 23.9 Å². The number of amides is 3. The summed E-state index contributed by atoms with van der Waals surface area (Å²) in [6, 6.07) is 19.4. The number of halogens is 1. The monoisotopic (exact) mass is 1420 g/mol. The molecule has 0 radical (unpaired) electrons. The van der Waals surface area contributed by atoms with Gasteiger partial charge in [-0.1, -0.05) is 55.4 Å². The highest BCUT2D eigenvalue weighted by molar-refractivity contribution is 6.32. The van der Waals surface area contributed by atoms with Gasteiger partial charge >= 0.3 is 18.2 Å². The van der Waals surface area contributed by atoms with E-state index in [-0.39, 0.29) is 61.3 Å². The van der Waals surface area contributed by atoms with Gasteiger partial charge in [0.25, 0.3) is 11.7 Å². The molecule has 4 aliphatic heterocycles. The summed E-state index contributed by atoms with van der Waals surface area (Å²) in [5, 5.41) is 29.0. The molecule has 12 aromatic rings. The number of hydrogen-bond donors (Lipinski definition) is 6. The lowest BCUT2D eigenvalue weighted by molar-refractivity contribution is 0.0497. The number of rotatable bonds is 10. The summed E-state index contributed by atoms with van der Waals surface area (Å²) in [5.74, 6) is 1.19. The summed E-state index contributed by atoms with van der Waals surface area (Å²) >= 11 is 5.70. The largest absolute Gasteiger partial charge is 0.475 e. The van der Waals surface area contributed by atoms with E-state index < -0.39 is 17.2 Å². The third-order valence-electron chi connectivity index (χ3n) is 15.9. The van der Waals surface area contributed by atoms with Crippen LogP contribution in [0.25, 0.3) is 34.0 Å². The summed E-state index contributed by atoms with van der Waals surface area (Å²) in [5.41, 5.74) is 9.90. The fraction of sp³-hybridized carbons (Fsp3) is 0.362. The molecular formula is C69H85ClN26O7. The Morgan fingerprint density at radius 1 is 0.495 bits per heavy atom. The molecular weight excluding hydrogens is 1340 g/mol. The number of aromatic nitrogens is 18. The molecule has 0 bridgehead atoms. The highest BCUT2D eigenvalue weighted by Gasteiger charge is 2.31. The highest BCUT2D eigenvalue weighted by atomic mass is 35.5. The molecule has 3 amide bonds. The van der Waals surface area contributed by atoms with Crippen LogP contribution in [-0.2, 0) is 9.47 Å². The van der Waals surface area contributed by atoms with Crippen LogP contribution in [0, 0.1) is 0 Å². The van der Waals surface area contributed by atoms with Gasteiger partial charge in [0, 0.05) is 163 Å². The van der Waals surface area contributed by atoms with E-state index >= 15 is 0 Å².